The van der Waals surface area contributed by atoms with Crippen LogP contribution >= 0.6 is 15.9 Å². The third-order valence-electron chi connectivity index (χ3n) is 6.80. The number of anilines is 1. The predicted molar refractivity (Wildman–Crippen MR) is 145 cm³/mol. The molecule has 0 saturated heterocycles. The molecule has 3 aromatic carbocycles. The van der Waals surface area contributed by atoms with E-state index in [-0.39, 0.29) is 12.0 Å². The van der Waals surface area contributed by atoms with Crippen molar-refractivity contribution in [2.24, 2.45) is 0 Å². The van der Waals surface area contributed by atoms with Crippen LogP contribution in [0.25, 0.3) is 0 Å². The summed E-state index contributed by atoms with van der Waals surface area (Å²) in [4.78, 5) is 27.9. The topological polar surface area (TPSA) is 65.1 Å². The number of fused-ring (bicyclic) bond motifs is 2. The number of methoxy groups -OCH3 is 1. The smallest absolute Gasteiger partial charge is 0.337 e. The number of nitrogens with zero attached hydrogens (tertiary/aromatic N) is 1. The SMILES string of the molecule is COC(=O)c1ccc(CN2C(=O)[C@@]3(CC(C)=CC[C@@H](COc4ccccc4)O3)c3c(Br)cccc32)cc1. The van der Waals surface area contributed by atoms with Gasteiger partial charge in [-0.2, -0.15) is 0 Å². The van der Waals surface area contributed by atoms with Gasteiger partial charge in [0.25, 0.3) is 5.91 Å². The molecule has 0 bridgehead atoms. The highest BCUT2D eigenvalue weighted by Crippen LogP contribution is 2.51. The molecule has 0 saturated carbocycles. The first kappa shape index (κ1) is 25.2. The fraction of sp³-hybridized carbons (Fsp3) is 0.267. The number of halogens is 1. The minimum atomic E-state index is -1.16. The predicted octanol–water partition coefficient (Wildman–Crippen LogP) is 6.18. The average molecular weight is 562 g/mol. The Labute approximate surface area is 225 Å². The summed E-state index contributed by atoms with van der Waals surface area (Å²) in [7, 11) is 1.36. The first-order chi connectivity index (χ1) is 17.9. The Balaban J connectivity index is 1.47. The Morgan fingerprint density at radius 1 is 1.08 bits per heavy atom. The average Bonchev–Trinajstić information content (AvgIpc) is 3.02. The van der Waals surface area contributed by atoms with E-state index in [9.17, 15) is 9.59 Å². The number of rotatable bonds is 6. The van der Waals surface area contributed by atoms with Crippen LogP contribution in [0.5, 0.6) is 5.75 Å². The maximum Gasteiger partial charge on any atom is 0.337 e. The Hall–Kier alpha value is -3.42. The lowest BCUT2D eigenvalue weighted by molar-refractivity contribution is -0.154. The number of ether oxygens (including phenoxy) is 3. The van der Waals surface area contributed by atoms with Gasteiger partial charge in [-0.15, -0.1) is 0 Å². The number of esters is 1. The molecule has 5 rings (SSSR count). The minimum Gasteiger partial charge on any atom is -0.491 e. The molecule has 0 fully saturated rings. The van der Waals surface area contributed by atoms with E-state index >= 15 is 0 Å². The number of amides is 1. The summed E-state index contributed by atoms with van der Waals surface area (Å²) < 4.78 is 18.4. The molecule has 1 amide bonds. The van der Waals surface area contributed by atoms with E-state index in [4.69, 9.17) is 14.2 Å². The van der Waals surface area contributed by atoms with Crippen LogP contribution in [-0.4, -0.2) is 31.7 Å². The highest BCUT2D eigenvalue weighted by Gasteiger charge is 2.55. The summed E-state index contributed by atoms with van der Waals surface area (Å²) in [6.07, 6.45) is 2.95. The third kappa shape index (κ3) is 4.93. The van der Waals surface area contributed by atoms with E-state index in [2.05, 4.69) is 22.0 Å². The molecule has 2 atom stereocenters. The highest BCUT2D eigenvalue weighted by atomic mass is 79.9. The highest BCUT2D eigenvalue weighted by molar-refractivity contribution is 9.10. The van der Waals surface area contributed by atoms with Crippen LogP contribution in [-0.2, 0) is 26.4 Å². The molecule has 190 valence electrons. The first-order valence-electron chi connectivity index (χ1n) is 12.2. The van der Waals surface area contributed by atoms with Gasteiger partial charge < -0.3 is 19.1 Å². The van der Waals surface area contributed by atoms with Crippen LogP contribution in [0.1, 0.15) is 41.3 Å². The van der Waals surface area contributed by atoms with Crippen molar-refractivity contribution < 1.29 is 23.8 Å². The fourth-order valence-corrected chi connectivity index (χ4v) is 5.70. The minimum absolute atomic E-state index is 0.106. The molecule has 0 radical (unpaired) electrons. The van der Waals surface area contributed by atoms with E-state index in [0.29, 0.717) is 31.6 Å². The summed E-state index contributed by atoms with van der Waals surface area (Å²) in [6.45, 7) is 2.73. The van der Waals surface area contributed by atoms with Gasteiger partial charge in [0.2, 0.25) is 0 Å². The van der Waals surface area contributed by atoms with Crippen molar-refractivity contribution in [3.8, 4) is 5.75 Å². The quantitative estimate of drug-likeness (QED) is 0.265. The van der Waals surface area contributed by atoms with Crippen molar-refractivity contribution in [3.05, 3.63) is 106 Å². The van der Waals surface area contributed by atoms with Crippen molar-refractivity contribution >= 4 is 33.5 Å². The molecule has 2 heterocycles. The lowest BCUT2D eigenvalue weighted by atomic mass is 9.88. The van der Waals surface area contributed by atoms with Crippen LogP contribution in [0.3, 0.4) is 0 Å². The van der Waals surface area contributed by atoms with Gasteiger partial charge in [-0.05, 0) is 55.3 Å². The summed E-state index contributed by atoms with van der Waals surface area (Å²) in [5.74, 6) is 0.266. The van der Waals surface area contributed by atoms with Gasteiger partial charge in [0.15, 0.2) is 5.60 Å². The van der Waals surface area contributed by atoms with Gasteiger partial charge in [0.05, 0.1) is 31.0 Å². The van der Waals surface area contributed by atoms with Crippen LogP contribution in [0.4, 0.5) is 5.69 Å². The largest absolute Gasteiger partial charge is 0.491 e. The molecule has 0 aromatic heterocycles. The van der Waals surface area contributed by atoms with Gasteiger partial charge >= 0.3 is 5.97 Å². The molecular weight excluding hydrogens is 534 g/mol. The number of hydrogen-bond donors (Lipinski definition) is 0. The molecule has 6 nitrogen and oxygen atoms in total. The van der Waals surface area contributed by atoms with Crippen LogP contribution in [0, 0.1) is 0 Å². The van der Waals surface area contributed by atoms with Crippen LogP contribution in [0.15, 0.2) is 88.9 Å². The third-order valence-corrected chi connectivity index (χ3v) is 7.46. The zero-order valence-electron chi connectivity index (χ0n) is 20.8. The molecule has 1 spiro atoms. The summed E-state index contributed by atoms with van der Waals surface area (Å²) >= 11 is 3.71. The summed E-state index contributed by atoms with van der Waals surface area (Å²) in [6, 6.07) is 22.6. The van der Waals surface area contributed by atoms with E-state index in [0.717, 1.165) is 32.6 Å². The normalized spacial score (nSPS) is 20.8. The van der Waals surface area contributed by atoms with Crippen LogP contribution in [0.2, 0.25) is 0 Å². The molecular formula is C30H28BrNO5. The Morgan fingerprint density at radius 3 is 2.57 bits per heavy atom. The van der Waals surface area contributed by atoms with Gasteiger partial charge in [-0.3, -0.25) is 4.79 Å². The van der Waals surface area contributed by atoms with E-state index in [1.54, 1.807) is 17.0 Å². The van der Waals surface area contributed by atoms with E-state index in [1.807, 2.05) is 67.6 Å². The molecule has 0 unspecified atom stereocenters. The zero-order chi connectivity index (χ0) is 26.0. The molecule has 2 aliphatic rings. The van der Waals surface area contributed by atoms with Crippen molar-refractivity contribution in [2.45, 2.75) is 38.0 Å². The standard InChI is InChI=1S/C30H28BrNO5/c1-20-11-16-24(19-36-23-7-4-3-5-8-23)37-30(17-20)27-25(31)9-6-10-26(27)32(29(30)34)18-21-12-14-22(15-13-21)28(33)35-2/h3-15,24H,16-19H2,1-2H3/t24-,30+/m0/s1. The van der Waals surface area contributed by atoms with Gasteiger partial charge in [0, 0.05) is 16.5 Å². The number of carbonyl (C=O) groups excluding carboxylic acids is 2. The summed E-state index contributed by atoms with van der Waals surface area (Å²) in [5.41, 5.74) is 2.95. The lowest BCUT2D eigenvalue weighted by Crippen LogP contribution is -2.45. The number of para-hydroxylation sites is 1. The molecule has 0 aliphatic carbocycles. The Morgan fingerprint density at radius 2 is 1.84 bits per heavy atom. The monoisotopic (exact) mass is 561 g/mol. The van der Waals surface area contributed by atoms with Gasteiger partial charge in [-0.1, -0.05) is 64.0 Å². The second-order valence-electron chi connectivity index (χ2n) is 9.37. The number of hydrogen-bond acceptors (Lipinski definition) is 5. The van der Waals surface area contributed by atoms with Gasteiger partial charge in [-0.25, -0.2) is 4.79 Å². The van der Waals surface area contributed by atoms with E-state index < -0.39 is 11.6 Å². The van der Waals surface area contributed by atoms with Gasteiger partial charge in [0.1, 0.15) is 12.4 Å². The second kappa shape index (κ2) is 10.5. The van der Waals surface area contributed by atoms with Crippen molar-refractivity contribution in [1.82, 2.24) is 0 Å². The van der Waals surface area contributed by atoms with E-state index in [1.165, 1.54) is 7.11 Å². The second-order valence-corrected chi connectivity index (χ2v) is 10.2. The lowest BCUT2D eigenvalue weighted by Gasteiger charge is -2.32. The number of benzene rings is 3. The summed E-state index contributed by atoms with van der Waals surface area (Å²) in [5, 5.41) is 0. The Bertz CT molecular complexity index is 1340. The zero-order valence-corrected chi connectivity index (χ0v) is 22.4. The fourth-order valence-electron chi connectivity index (χ4n) is 5.03. The molecule has 3 aromatic rings. The Kier molecular flexibility index (Phi) is 7.17. The molecule has 2 aliphatic heterocycles. The van der Waals surface area contributed by atoms with Crippen molar-refractivity contribution in [3.63, 3.8) is 0 Å². The number of carbonyl (C=O) groups is 2. The maximum absolute atomic E-state index is 14.3. The van der Waals surface area contributed by atoms with Crippen molar-refractivity contribution in [2.75, 3.05) is 18.6 Å². The molecule has 7 heteroatoms. The maximum atomic E-state index is 14.3. The first-order valence-corrected chi connectivity index (χ1v) is 13.0. The molecule has 37 heavy (non-hydrogen) atoms. The van der Waals surface area contributed by atoms with Crippen molar-refractivity contribution in [1.29, 1.82) is 0 Å². The molecule has 0 N–H and O–H groups in total. The van der Waals surface area contributed by atoms with Crippen LogP contribution < -0.4 is 9.64 Å².